The number of benzene rings is 1. The first kappa shape index (κ1) is 18.3. The average molecular weight is 416 g/mol. The summed E-state index contributed by atoms with van der Waals surface area (Å²) in [5.41, 5.74) is -0.269. The number of thiocarbonyl (C=S) groups is 1. The third-order valence-electron chi connectivity index (χ3n) is 5.91. The predicted molar refractivity (Wildman–Crippen MR) is 107 cm³/mol. The highest BCUT2D eigenvalue weighted by Crippen LogP contribution is 2.54. The topological polar surface area (TPSA) is 76.4 Å². The molecule has 3 atom stereocenters. The Morgan fingerprint density at radius 3 is 2.72 bits per heavy atom. The van der Waals surface area contributed by atoms with Gasteiger partial charge in [0, 0.05) is 23.8 Å². The Hall–Kier alpha value is -2.74. The van der Waals surface area contributed by atoms with Gasteiger partial charge in [0.2, 0.25) is 0 Å². The van der Waals surface area contributed by atoms with Gasteiger partial charge in [-0.05, 0) is 43.9 Å². The van der Waals surface area contributed by atoms with Gasteiger partial charge in [-0.2, -0.15) is 0 Å². The molecule has 1 saturated carbocycles. The van der Waals surface area contributed by atoms with Crippen LogP contribution in [0.15, 0.2) is 33.5 Å². The fourth-order valence-electron chi connectivity index (χ4n) is 4.54. The lowest BCUT2D eigenvalue weighted by molar-refractivity contribution is -0.105. The van der Waals surface area contributed by atoms with E-state index < -0.39 is 17.3 Å². The average Bonchev–Trinajstić information content (AvgIpc) is 3.06. The summed E-state index contributed by atoms with van der Waals surface area (Å²) in [5, 5.41) is 0.0571. The summed E-state index contributed by atoms with van der Waals surface area (Å²) < 4.78 is 34.2. The molecule has 1 aromatic heterocycles. The molecule has 8 heteroatoms. The molecule has 3 heterocycles. The van der Waals surface area contributed by atoms with E-state index in [1.165, 1.54) is 0 Å². The van der Waals surface area contributed by atoms with E-state index in [1.807, 2.05) is 0 Å². The molecular weight excluding hydrogens is 396 g/mol. The minimum Gasteiger partial charge on any atom is -0.493 e. The Morgan fingerprint density at radius 2 is 1.93 bits per heavy atom. The van der Waals surface area contributed by atoms with E-state index in [0.717, 1.165) is 25.7 Å². The molecule has 7 nitrogen and oxygen atoms in total. The summed E-state index contributed by atoms with van der Waals surface area (Å²) in [5.74, 6) is 1.95. The van der Waals surface area contributed by atoms with Crippen molar-refractivity contribution in [2.75, 3.05) is 14.2 Å². The summed E-state index contributed by atoms with van der Waals surface area (Å²) in [6.07, 6.45) is 2.68. The SMILES string of the molecule is COc1ccc(-c2cc3c(c(=O)o2)[C@H]2OC(=S)O[C@]24CCCC[C@@H]4O3)cc1OC. The molecule has 0 bridgehead atoms. The summed E-state index contributed by atoms with van der Waals surface area (Å²) in [6, 6.07) is 7.03. The van der Waals surface area contributed by atoms with Crippen LogP contribution in [0.25, 0.3) is 11.3 Å². The molecule has 0 amide bonds. The number of ether oxygens (including phenoxy) is 5. The van der Waals surface area contributed by atoms with E-state index in [0.29, 0.717) is 34.1 Å². The van der Waals surface area contributed by atoms with E-state index in [2.05, 4.69) is 0 Å². The standard InChI is InChI=1S/C21H20O7S/c1-23-12-7-6-11(9-14(12)24-2)13-10-15-17(19(22)26-13)18-21(28-20(29)27-18)8-4-3-5-16(21)25-15/h6-7,9-10,16,18H,3-5,8H2,1-2H3/t16-,18+,21-/m0/s1. The first-order valence-electron chi connectivity index (χ1n) is 9.52. The van der Waals surface area contributed by atoms with Crippen molar-refractivity contribution in [3.63, 3.8) is 0 Å². The van der Waals surface area contributed by atoms with Gasteiger partial charge in [0.05, 0.1) is 14.2 Å². The van der Waals surface area contributed by atoms with Crippen LogP contribution in [0.5, 0.6) is 17.2 Å². The van der Waals surface area contributed by atoms with Crippen molar-refractivity contribution in [1.29, 1.82) is 0 Å². The maximum absolute atomic E-state index is 13.0. The molecule has 1 aromatic carbocycles. The monoisotopic (exact) mass is 416 g/mol. The molecule has 0 N–H and O–H groups in total. The molecule has 1 saturated heterocycles. The second kappa shape index (κ2) is 6.66. The van der Waals surface area contributed by atoms with Crippen molar-refractivity contribution in [3.05, 3.63) is 40.2 Å². The molecule has 152 valence electrons. The quantitative estimate of drug-likeness (QED) is 0.700. The van der Waals surface area contributed by atoms with Crippen molar-refractivity contribution < 1.29 is 28.1 Å². The summed E-state index contributed by atoms with van der Waals surface area (Å²) >= 11 is 5.16. The first-order chi connectivity index (χ1) is 14.1. The highest BCUT2D eigenvalue weighted by Gasteiger charge is 2.62. The van der Waals surface area contributed by atoms with Gasteiger partial charge in [-0.3, -0.25) is 0 Å². The maximum Gasteiger partial charge on any atom is 0.353 e. The van der Waals surface area contributed by atoms with E-state index in [9.17, 15) is 4.79 Å². The molecule has 2 fully saturated rings. The van der Waals surface area contributed by atoms with Gasteiger partial charge in [-0.1, -0.05) is 0 Å². The normalized spacial score (nSPS) is 26.9. The van der Waals surface area contributed by atoms with Crippen molar-refractivity contribution >= 4 is 17.5 Å². The molecule has 1 aliphatic carbocycles. The van der Waals surface area contributed by atoms with Crippen LogP contribution in [0.1, 0.15) is 37.4 Å². The van der Waals surface area contributed by atoms with Crippen LogP contribution in [0.4, 0.5) is 0 Å². The van der Waals surface area contributed by atoms with Gasteiger partial charge in [0.15, 0.2) is 23.2 Å². The second-order valence-corrected chi connectivity index (χ2v) is 7.74. The second-order valence-electron chi connectivity index (χ2n) is 7.40. The van der Waals surface area contributed by atoms with Crippen LogP contribution in [-0.4, -0.2) is 31.2 Å². The van der Waals surface area contributed by atoms with Gasteiger partial charge < -0.3 is 28.1 Å². The van der Waals surface area contributed by atoms with Gasteiger partial charge in [0.1, 0.15) is 23.2 Å². The van der Waals surface area contributed by atoms with Gasteiger partial charge >= 0.3 is 10.9 Å². The Bertz CT molecular complexity index is 1050. The van der Waals surface area contributed by atoms with Crippen molar-refractivity contribution in [2.24, 2.45) is 0 Å². The zero-order chi connectivity index (χ0) is 20.2. The Balaban J connectivity index is 1.62. The third-order valence-corrected chi connectivity index (χ3v) is 6.09. The van der Waals surface area contributed by atoms with Crippen molar-refractivity contribution in [3.8, 4) is 28.6 Å². The minimum absolute atomic E-state index is 0.0571. The number of fused-ring (bicyclic) bond motifs is 2. The zero-order valence-electron chi connectivity index (χ0n) is 16.1. The molecule has 3 aliphatic rings. The fraction of sp³-hybridized carbons (Fsp3) is 0.429. The van der Waals surface area contributed by atoms with Crippen molar-refractivity contribution in [1.82, 2.24) is 0 Å². The smallest absolute Gasteiger partial charge is 0.353 e. The fourth-order valence-corrected chi connectivity index (χ4v) is 4.80. The van der Waals surface area contributed by atoms with Crippen LogP contribution in [0.2, 0.25) is 0 Å². The van der Waals surface area contributed by atoms with E-state index in [-0.39, 0.29) is 11.3 Å². The number of rotatable bonds is 3. The predicted octanol–water partition coefficient (Wildman–Crippen LogP) is 3.77. The lowest BCUT2D eigenvalue weighted by Gasteiger charge is -2.44. The first-order valence-corrected chi connectivity index (χ1v) is 9.93. The minimum atomic E-state index is -0.748. The van der Waals surface area contributed by atoms with Crippen molar-refractivity contribution in [2.45, 2.75) is 43.5 Å². The lowest BCUT2D eigenvalue weighted by atomic mass is 9.74. The molecule has 5 rings (SSSR count). The van der Waals surface area contributed by atoms with E-state index >= 15 is 0 Å². The zero-order valence-corrected chi connectivity index (χ0v) is 16.9. The number of methoxy groups -OCH3 is 2. The number of hydrogen-bond acceptors (Lipinski definition) is 8. The molecule has 2 aliphatic heterocycles. The Labute approximate surface area is 172 Å². The molecule has 0 radical (unpaired) electrons. The van der Waals surface area contributed by atoms with Crippen LogP contribution in [-0.2, 0) is 9.47 Å². The highest BCUT2D eigenvalue weighted by atomic mass is 32.1. The molecule has 2 aromatic rings. The largest absolute Gasteiger partial charge is 0.493 e. The molecule has 29 heavy (non-hydrogen) atoms. The van der Waals surface area contributed by atoms with Crippen LogP contribution < -0.4 is 19.8 Å². The van der Waals surface area contributed by atoms with Crippen LogP contribution in [0, 0.1) is 0 Å². The summed E-state index contributed by atoms with van der Waals surface area (Å²) in [6.45, 7) is 0. The number of hydrogen-bond donors (Lipinski definition) is 0. The maximum atomic E-state index is 13.0. The Kier molecular flexibility index (Phi) is 4.20. The highest BCUT2D eigenvalue weighted by molar-refractivity contribution is 7.79. The van der Waals surface area contributed by atoms with Gasteiger partial charge in [0.25, 0.3) is 0 Å². The van der Waals surface area contributed by atoms with Crippen LogP contribution in [0.3, 0.4) is 0 Å². The van der Waals surface area contributed by atoms with E-state index in [4.69, 9.17) is 40.3 Å². The molecule has 1 spiro atoms. The summed E-state index contributed by atoms with van der Waals surface area (Å²) in [7, 11) is 3.12. The van der Waals surface area contributed by atoms with Gasteiger partial charge in [-0.25, -0.2) is 4.79 Å². The Morgan fingerprint density at radius 1 is 1.10 bits per heavy atom. The summed E-state index contributed by atoms with van der Waals surface area (Å²) in [4.78, 5) is 13.0. The molecule has 0 unspecified atom stereocenters. The third kappa shape index (κ3) is 2.69. The lowest BCUT2D eigenvalue weighted by Crippen LogP contribution is -2.55. The van der Waals surface area contributed by atoms with Crippen LogP contribution >= 0.6 is 12.2 Å². The van der Waals surface area contributed by atoms with Gasteiger partial charge in [-0.15, -0.1) is 0 Å². The molecular formula is C21H20O7S. The van der Waals surface area contributed by atoms with E-state index in [1.54, 1.807) is 38.5 Å².